The fraction of sp³-hybridized carbons (Fsp3) is 0.300. The Kier molecular flexibility index (Phi) is 1.69. The van der Waals surface area contributed by atoms with Gasteiger partial charge in [0.15, 0.2) is 0 Å². The van der Waals surface area contributed by atoms with Crippen LogP contribution in [0.1, 0.15) is 29.7 Å². The summed E-state index contributed by atoms with van der Waals surface area (Å²) in [6.07, 6.45) is 1.90. The van der Waals surface area contributed by atoms with Crippen LogP contribution < -0.4 is 0 Å². The minimum atomic E-state index is 0.303. The second-order valence-corrected chi connectivity index (χ2v) is 3.62. The van der Waals surface area contributed by atoms with Crippen LogP contribution in [0, 0.1) is 6.92 Å². The van der Waals surface area contributed by atoms with E-state index in [4.69, 9.17) is 11.6 Å². The third-order valence-corrected chi connectivity index (χ3v) is 2.46. The van der Waals surface area contributed by atoms with Crippen molar-refractivity contribution in [1.82, 2.24) is 0 Å². The normalized spacial score (nSPS) is 19.8. The second kappa shape index (κ2) is 2.60. The van der Waals surface area contributed by atoms with Crippen LogP contribution in [0.15, 0.2) is 17.1 Å². The lowest BCUT2D eigenvalue weighted by atomic mass is 10.00. The second-order valence-electron chi connectivity index (χ2n) is 3.18. The van der Waals surface area contributed by atoms with Crippen molar-refractivity contribution in [3.05, 3.63) is 33.8 Å². The van der Waals surface area contributed by atoms with Crippen molar-refractivity contribution in [2.45, 2.75) is 19.9 Å². The zero-order chi connectivity index (χ0) is 8.72. The van der Waals surface area contributed by atoms with E-state index in [-0.39, 0.29) is 0 Å². The van der Waals surface area contributed by atoms with Crippen LogP contribution in [0.2, 0.25) is 5.02 Å². The summed E-state index contributed by atoms with van der Waals surface area (Å²) in [5.74, 6) is 0. The summed E-state index contributed by atoms with van der Waals surface area (Å²) in [5, 5.41) is 0.798. The highest BCUT2D eigenvalue weighted by Crippen LogP contribution is 2.31. The summed E-state index contributed by atoms with van der Waals surface area (Å²) in [6, 6.07) is 4.26. The maximum atomic E-state index is 5.91. The van der Waals surface area contributed by atoms with Gasteiger partial charge in [-0.1, -0.05) is 11.6 Å². The van der Waals surface area contributed by atoms with Gasteiger partial charge >= 0.3 is 0 Å². The molecule has 0 bridgehead atoms. The van der Waals surface area contributed by atoms with Crippen molar-refractivity contribution < 1.29 is 0 Å². The van der Waals surface area contributed by atoms with E-state index in [1.54, 1.807) is 0 Å². The number of hydrogen-bond acceptors (Lipinski definition) is 1. The summed E-state index contributed by atoms with van der Waals surface area (Å²) < 4.78 is 0. The van der Waals surface area contributed by atoms with E-state index >= 15 is 0 Å². The van der Waals surface area contributed by atoms with E-state index in [9.17, 15) is 0 Å². The molecule has 0 aromatic heterocycles. The van der Waals surface area contributed by atoms with Crippen molar-refractivity contribution in [2.75, 3.05) is 0 Å². The lowest BCUT2D eigenvalue weighted by molar-refractivity contribution is 0.836. The Hall–Kier alpha value is -0.820. The Labute approximate surface area is 77.1 Å². The Morgan fingerprint density at radius 3 is 2.92 bits per heavy atom. The first kappa shape index (κ1) is 7.81. The molecule has 62 valence electrons. The number of rotatable bonds is 0. The quantitative estimate of drug-likeness (QED) is 0.580. The number of aryl methyl sites for hydroxylation is 1. The van der Waals surface area contributed by atoms with Gasteiger partial charge in [-0.15, -0.1) is 0 Å². The predicted molar refractivity (Wildman–Crippen MR) is 52.2 cm³/mol. The van der Waals surface area contributed by atoms with E-state index in [1.807, 2.05) is 18.3 Å². The third-order valence-electron chi connectivity index (χ3n) is 2.24. The first-order valence-electron chi connectivity index (χ1n) is 4.01. The maximum absolute atomic E-state index is 5.91. The van der Waals surface area contributed by atoms with Crippen LogP contribution in [-0.4, -0.2) is 6.21 Å². The van der Waals surface area contributed by atoms with E-state index < -0.39 is 0 Å². The van der Waals surface area contributed by atoms with Crippen LogP contribution in [0.3, 0.4) is 0 Å². The number of nitrogens with zero attached hydrogens (tertiary/aromatic N) is 1. The first-order valence-corrected chi connectivity index (χ1v) is 4.39. The van der Waals surface area contributed by atoms with Crippen LogP contribution >= 0.6 is 11.6 Å². The van der Waals surface area contributed by atoms with E-state index in [0.29, 0.717) is 6.04 Å². The molecule has 1 unspecified atom stereocenters. The van der Waals surface area contributed by atoms with E-state index in [2.05, 4.69) is 18.8 Å². The zero-order valence-electron chi connectivity index (χ0n) is 7.13. The molecule has 0 spiro atoms. The van der Waals surface area contributed by atoms with Crippen LogP contribution in [0.4, 0.5) is 0 Å². The summed E-state index contributed by atoms with van der Waals surface area (Å²) in [6.45, 7) is 4.18. The lowest BCUT2D eigenvalue weighted by Gasteiger charge is -2.07. The molecule has 0 radical (unpaired) electrons. The summed E-state index contributed by atoms with van der Waals surface area (Å²) >= 11 is 5.91. The van der Waals surface area contributed by atoms with Gasteiger partial charge in [0.25, 0.3) is 0 Å². The summed E-state index contributed by atoms with van der Waals surface area (Å²) in [7, 11) is 0. The molecule has 12 heavy (non-hydrogen) atoms. The van der Waals surface area contributed by atoms with E-state index in [0.717, 1.165) is 5.02 Å². The standard InChI is InChI=1S/C10H10ClN/c1-6-3-9(11)4-8-5-12-7(2)10(6)8/h3-5,7H,1-2H3. The van der Waals surface area contributed by atoms with Crippen molar-refractivity contribution >= 4 is 17.8 Å². The maximum Gasteiger partial charge on any atom is 0.0729 e. The van der Waals surface area contributed by atoms with Gasteiger partial charge in [-0.05, 0) is 42.7 Å². The summed E-state index contributed by atoms with van der Waals surface area (Å²) in [4.78, 5) is 4.32. The molecule has 1 atom stereocenters. The van der Waals surface area contributed by atoms with Gasteiger partial charge in [-0.2, -0.15) is 0 Å². The molecule has 0 amide bonds. The van der Waals surface area contributed by atoms with Crippen LogP contribution in [0.25, 0.3) is 0 Å². The molecule has 1 aromatic carbocycles. The Morgan fingerprint density at radius 1 is 1.42 bits per heavy atom. The molecular weight excluding hydrogens is 170 g/mol. The molecule has 0 aliphatic carbocycles. The molecule has 0 saturated heterocycles. The molecule has 2 rings (SSSR count). The molecule has 0 saturated carbocycles. The van der Waals surface area contributed by atoms with Crippen LogP contribution in [-0.2, 0) is 0 Å². The largest absolute Gasteiger partial charge is 0.285 e. The van der Waals surface area contributed by atoms with Gasteiger partial charge in [-0.3, -0.25) is 4.99 Å². The average Bonchev–Trinajstić information content (AvgIpc) is 2.31. The fourth-order valence-corrected chi connectivity index (χ4v) is 2.01. The van der Waals surface area contributed by atoms with Crippen molar-refractivity contribution in [3.8, 4) is 0 Å². The van der Waals surface area contributed by atoms with Crippen molar-refractivity contribution in [3.63, 3.8) is 0 Å². The van der Waals surface area contributed by atoms with E-state index in [1.165, 1.54) is 16.7 Å². The van der Waals surface area contributed by atoms with Crippen molar-refractivity contribution in [1.29, 1.82) is 0 Å². The fourth-order valence-electron chi connectivity index (χ4n) is 1.72. The van der Waals surface area contributed by atoms with Gasteiger partial charge < -0.3 is 0 Å². The minimum Gasteiger partial charge on any atom is -0.285 e. The lowest BCUT2D eigenvalue weighted by Crippen LogP contribution is -1.92. The highest BCUT2D eigenvalue weighted by atomic mass is 35.5. The molecule has 1 aliphatic rings. The van der Waals surface area contributed by atoms with Gasteiger partial charge in [0.05, 0.1) is 6.04 Å². The first-order chi connectivity index (χ1) is 5.68. The monoisotopic (exact) mass is 179 g/mol. The minimum absolute atomic E-state index is 0.303. The number of hydrogen-bond donors (Lipinski definition) is 0. The highest BCUT2D eigenvalue weighted by Gasteiger charge is 2.16. The average molecular weight is 180 g/mol. The van der Waals surface area contributed by atoms with Crippen molar-refractivity contribution in [2.24, 2.45) is 4.99 Å². The Morgan fingerprint density at radius 2 is 2.17 bits per heavy atom. The van der Waals surface area contributed by atoms with Gasteiger partial charge in [0.2, 0.25) is 0 Å². The number of halogens is 1. The molecule has 1 nitrogen and oxygen atoms in total. The Bertz CT molecular complexity index is 355. The summed E-state index contributed by atoms with van der Waals surface area (Å²) in [5.41, 5.74) is 3.73. The number of aliphatic imine (C=N–C) groups is 1. The van der Waals surface area contributed by atoms with Crippen LogP contribution in [0.5, 0.6) is 0 Å². The molecule has 0 N–H and O–H groups in total. The predicted octanol–water partition coefficient (Wildman–Crippen LogP) is 3.14. The smallest absolute Gasteiger partial charge is 0.0729 e. The van der Waals surface area contributed by atoms with Gasteiger partial charge in [0.1, 0.15) is 0 Å². The molecule has 2 heteroatoms. The molecule has 0 fully saturated rings. The highest BCUT2D eigenvalue weighted by molar-refractivity contribution is 6.31. The van der Waals surface area contributed by atoms with Gasteiger partial charge in [0, 0.05) is 11.2 Å². The number of fused-ring (bicyclic) bond motifs is 1. The topological polar surface area (TPSA) is 12.4 Å². The third kappa shape index (κ3) is 1.05. The number of benzene rings is 1. The molecular formula is C10H10ClN. The molecule has 1 heterocycles. The molecule has 1 aromatic rings. The zero-order valence-corrected chi connectivity index (χ0v) is 7.89. The SMILES string of the molecule is Cc1cc(Cl)cc2c1C(C)N=C2. The van der Waals surface area contributed by atoms with Gasteiger partial charge in [-0.25, -0.2) is 0 Å². The Balaban J connectivity index is 2.66. The molecule has 1 aliphatic heterocycles.